The zero-order valence-corrected chi connectivity index (χ0v) is 13.5. The topological polar surface area (TPSA) is 63.2 Å². The summed E-state index contributed by atoms with van der Waals surface area (Å²) in [5.74, 6) is -0.196. The van der Waals surface area contributed by atoms with Crippen molar-refractivity contribution in [1.29, 1.82) is 0 Å². The molecule has 0 saturated carbocycles. The van der Waals surface area contributed by atoms with E-state index in [1.807, 2.05) is 24.3 Å². The van der Waals surface area contributed by atoms with Crippen LogP contribution < -0.4 is 15.4 Å². The molecular formula is C19H16FN3O2. The number of nitrogens with one attached hydrogen (secondary N) is 2. The number of ether oxygens (including phenoxy) is 1. The highest BCUT2D eigenvalue weighted by Gasteiger charge is 2.10. The van der Waals surface area contributed by atoms with Crippen molar-refractivity contribution in [3.05, 3.63) is 78.4 Å². The summed E-state index contributed by atoms with van der Waals surface area (Å²) < 4.78 is 18.7. The van der Waals surface area contributed by atoms with Crippen LogP contribution in [0.3, 0.4) is 0 Å². The minimum atomic E-state index is -0.492. The number of pyridine rings is 1. The molecule has 126 valence electrons. The van der Waals surface area contributed by atoms with E-state index in [0.717, 1.165) is 17.1 Å². The summed E-state index contributed by atoms with van der Waals surface area (Å²) in [4.78, 5) is 16.2. The van der Waals surface area contributed by atoms with Gasteiger partial charge in [0.15, 0.2) is 0 Å². The number of nitrogens with zero attached hydrogens (tertiary/aromatic N) is 1. The molecule has 0 aliphatic rings. The van der Waals surface area contributed by atoms with Crippen LogP contribution in [0.2, 0.25) is 0 Å². The van der Waals surface area contributed by atoms with Crippen LogP contribution in [-0.2, 0) is 0 Å². The van der Waals surface area contributed by atoms with Gasteiger partial charge in [0.25, 0.3) is 5.91 Å². The number of rotatable bonds is 5. The molecule has 3 rings (SSSR count). The summed E-state index contributed by atoms with van der Waals surface area (Å²) in [6.07, 6.45) is 1.54. The number of benzene rings is 2. The van der Waals surface area contributed by atoms with Gasteiger partial charge in [-0.1, -0.05) is 12.1 Å². The number of aromatic nitrogens is 1. The van der Waals surface area contributed by atoms with Crippen LogP contribution in [0.1, 0.15) is 10.5 Å². The van der Waals surface area contributed by atoms with Crippen LogP contribution in [0, 0.1) is 5.82 Å². The van der Waals surface area contributed by atoms with E-state index in [9.17, 15) is 9.18 Å². The van der Waals surface area contributed by atoms with Gasteiger partial charge in [0.1, 0.15) is 17.3 Å². The van der Waals surface area contributed by atoms with Crippen molar-refractivity contribution >= 4 is 23.0 Å². The fourth-order valence-electron chi connectivity index (χ4n) is 2.19. The molecule has 6 heteroatoms. The number of methoxy groups -OCH3 is 1. The normalized spacial score (nSPS) is 10.2. The Labute approximate surface area is 144 Å². The molecule has 2 aromatic carbocycles. The molecule has 25 heavy (non-hydrogen) atoms. The van der Waals surface area contributed by atoms with E-state index in [2.05, 4.69) is 15.6 Å². The molecule has 1 heterocycles. The number of carbonyl (C=O) groups is 1. The van der Waals surface area contributed by atoms with Gasteiger partial charge < -0.3 is 15.4 Å². The quantitative estimate of drug-likeness (QED) is 0.731. The van der Waals surface area contributed by atoms with Gasteiger partial charge in [0.2, 0.25) is 0 Å². The van der Waals surface area contributed by atoms with Crippen molar-refractivity contribution in [2.24, 2.45) is 0 Å². The largest absolute Gasteiger partial charge is 0.497 e. The molecule has 0 atom stereocenters. The van der Waals surface area contributed by atoms with Crippen LogP contribution >= 0.6 is 0 Å². The highest BCUT2D eigenvalue weighted by atomic mass is 19.1. The minimum absolute atomic E-state index is 0.120. The average molecular weight is 337 g/mol. The third kappa shape index (κ3) is 4.11. The Morgan fingerprint density at radius 2 is 1.72 bits per heavy atom. The number of carbonyl (C=O) groups excluding carboxylic acids is 1. The Morgan fingerprint density at radius 1 is 1.00 bits per heavy atom. The minimum Gasteiger partial charge on any atom is -0.497 e. The molecule has 0 fully saturated rings. The Morgan fingerprint density at radius 3 is 2.36 bits per heavy atom. The molecule has 2 N–H and O–H groups in total. The summed E-state index contributed by atoms with van der Waals surface area (Å²) in [6.45, 7) is 0. The van der Waals surface area contributed by atoms with Crippen molar-refractivity contribution in [3.63, 3.8) is 0 Å². The van der Waals surface area contributed by atoms with Gasteiger partial charge >= 0.3 is 0 Å². The summed E-state index contributed by atoms with van der Waals surface area (Å²) in [5, 5.41) is 5.67. The van der Waals surface area contributed by atoms with Gasteiger partial charge in [-0.2, -0.15) is 0 Å². The van der Waals surface area contributed by atoms with Crippen molar-refractivity contribution in [2.45, 2.75) is 0 Å². The summed E-state index contributed by atoms with van der Waals surface area (Å²) >= 11 is 0. The van der Waals surface area contributed by atoms with Crippen molar-refractivity contribution in [1.82, 2.24) is 4.98 Å². The molecule has 0 bridgehead atoms. The first-order valence-corrected chi connectivity index (χ1v) is 7.59. The van der Waals surface area contributed by atoms with Gasteiger partial charge in [-0.15, -0.1) is 0 Å². The molecule has 0 unspecified atom stereocenters. The smallest absolute Gasteiger partial charge is 0.274 e. The molecule has 0 aliphatic carbocycles. The summed E-state index contributed by atoms with van der Waals surface area (Å²) in [6, 6.07) is 16.7. The first-order valence-electron chi connectivity index (χ1n) is 7.59. The second kappa shape index (κ2) is 7.44. The van der Waals surface area contributed by atoms with Crippen LogP contribution in [0.4, 0.5) is 21.5 Å². The molecule has 3 aromatic rings. The van der Waals surface area contributed by atoms with E-state index in [1.54, 1.807) is 37.6 Å². The fraction of sp³-hybridized carbons (Fsp3) is 0.0526. The van der Waals surface area contributed by atoms with Crippen LogP contribution in [0.15, 0.2) is 66.9 Å². The standard InChI is InChI=1S/C19H16FN3O2/c1-25-15-9-6-13(7-10-15)22-14-8-11-18(21-12-14)19(24)23-17-5-3-2-4-16(17)20/h2-12,22H,1H3,(H,23,24). The molecule has 0 radical (unpaired) electrons. The van der Waals surface area contributed by atoms with E-state index < -0.39 is 11.7 Å². The highest BCUT2D eigenvalue weighted by molar-refractivity contribution is 6.03. The maximum absolute atomic E-state index is 13.6. The van der Waals surface area contributed by atoms with Crippen LogP contribution in [0.25, 0.3) is 0 Å². The fourth-order valence-corrected chi connectivity index (χ4v) is 2.19. The van der Waals surface area contributed by atoms with E-state index in [4.69, 9.17) is 4.74 Å². The molecule has 1 amide bonds. The lowest BCUT2D eigenvalue weighted by atomic mass is 10.2. The van der Waals surface area contributed by atoms with Gasteiger partial charge in [0, 0.05) is 5.69 Å². The molecule has 0 aliphatic heterocycles. The SMILES string of the molecule is COc1ccc(Nc2ccc(C(=O)Nc3ccccc3F)nc2)cc1. The third-order valence-electron chi connectivity index (χ3n) is 3.50. The molecule has 5 nitrogen and oxygen atoms in total. The van der Waals surface area contributed by atoms with Gasteiger partial charge in [0.05, 0.1) is 24.7 Å². The number of halogens is 1. The van der Waals surface area contributed by atoms with Gasteiger partial charge in [-0.05, 0) is 48.5 Å². The second-order valence-electron chi connectivity index (χ2n) is 5.22. The zero-order chi connectivity index (χ0) is 17.6. The number of hydrogen-bond donors (Lipinski definition) is 2. The molecule has 0 spiro atoms. The van der Waals surface area contributed by atoms with E-state index in [1.165, 1.54) is 12.1 Å². The van der Waals surface area contributed by atoms with Crippen molar-refractivity contribution < 1.29 is 13.9 Å². The first kappa shape index (κ1) is 16.4. The molecule has 0 saturated heterocycles. The van der Waals surface area contributed by atoms with E-state index in [-0.39, 0.29) is 11.4 Å². The Balaban J connectivity index is 1.67. The predicted molar refractivity (Wildman–Crippen MR) is 94.9 cm³/mol. The lowest BCUT2D eigenvalue weighted by Gasteiger charge is -2.08. The van der Waals surface area contributed by atoms with Crippen LogP contribution in [0.5, 0.6) is 5.75 Å². The Bertz CT molecular complexity index is 865. The van der Waals surface area contributed by atoms with Crippen LogP contribution in [-0.4, -0.2) is 18.0 Å². The lowest BCUT2D eigenvalue weighted by molar-refractivity contribution is 0.102. The zero-order valence-electron chi connectivity index (χ0n) is 13.5. The number of anilines is 3. The Hall–Kier alpha value is -3.41. The van der Waals surface area contributed by atoms with Crippen molar-refractivity contribution in [2.75, 3.05) is 17.7 Å². The Kier molecular flexibility index (Phi) is 4.89. The number of para-hydroxylation sites is 1. The average Bonchev–Trinajstić information content (AvgIpc) is 2.65. The third-order valence-corrected chi connectivity index (χ3v) is 3.50. The second-order valence-corrected chi connectivity index (χ2v) is 5.22. The first-order chi connectivity index (χ1) is 12.2. The van der Waals surface area contributed by atoms with E-state index >= 15 is 0 Å². The monoisotopic (exact) mass is 337 g/mol. The maximum atomic E-state index is 13.6. The number of hydrogen-bond acceptors (Lipinski definition) is 4. The maximum Gasteiger partial charge on any atom is 0.274 e. The molecule has 1 aromatic heterocycles. The number of amides is 1. The predicted octanol–water partition coefficient (Wildman–Crippen LogP) is 4.23. The van der Waals surface area contributed by atoms with Gasteiger partial charge in [-0.3, -0.25) is 4.79 Å². The highest BCUT2D eigenvalue weighted by Crippen LogP contribution is 2.20. The van der Waals surface area contributed by atoms with E-state index in [0.29, 0.717) is 0 Å². The molecular weight excluding hydrogens is 321 g/mol. The summed E-state index contributed by atoms with van der Waals surface area (Å²) in [5.41, 5.74) is 1.91. The lowest BCUT2D eigenvalue weighted by Crippen LogP contribution is -2.14. The summed E-state index contributed by atoms with van der Waals surface area (Å²) in [7, 11) is 1.61. The van der Waals surface area contributed by atoms with Crippen molar-refractivity contribution in [3.8, 4) is 5.75 Å². The van der Waals surface area contributed by atoms with Gasteiger partial charge in [-0.25, -0.2) is 9.37 Å².